The Morgan fingerprint density at radius 3 is 2.72 bits per heavy atom. The zero-order valence-electron chi connectivity index (χ0n) is 11.9. The fourth-order valence-electron chi connectivity index (χ4n) is 2.71. The van der Waals surface area contributed by atoms with Gasteiger partial charge in [0.1, 0.15) is 0 Å². The molecule has 0 spiro atoms. The number of aryl methyl sites for hydroxylation is 1. The van der Waals surface area contributed by atoms with E-state index in [2.05, 4.69) is 47.1 Å². The first kappa shape index (κ1) is 13.6. The molecule has 2 heterocycles. The van der Waals surface area contributed by atoms with Crippen LogP contribution in [0.4, 0.5) is 0 Å². The fraction of sp³-hybridized carbons (Fsp3) is 0.733. The third-order valence-electron chi connectivity index (χ3n) is 3.92. The number of nitrogens with one attached hydrogen (secondary N) is 1. The molecule has 1 saturated heterocycles. The molecule has 1 fully saturated rings. The van der Waals surface area contributed by atoms with Gasteiger partial charge in [0.2, 0.25) is 0 Å². The van der Waals surface area contributed by atoms with Gasteiger partial charge in [-0.05, 0) is 50.5 Å². The van der Waals surface area contributed by atoms with Gasteiger partial charge in [-0.25, -0.2) is 0 Å². The number of rotatable bonds is 6. The molecule has 0 radical (unpaired) electrons. The molecule has 0 atom stereocenters. The molecule has 0 aromatic carbocycles. The third kappa shape index (κ3) is 3.85. The van der Waals surface area contributed by atoms with Crippen molar-refractivity contribution in [2.24, 2.45) is 0 Å². The quantitative estimate of drug-likeness (QED) is 0.836. The van der Waals surface area contributed by atoms with Gasteiger partial charge in [0.25, 0.3) is 0 Å². The summed E-state index contributed by atoms with van der Waals surface area (Å²) in [7, 11) is 0. The summed E-state index contributed by atoms with van der Waals surface area (Å²) in [5.74, 6) is 0. The molecular weight excluding hydrogens is 222 g/mol. The average molecular weight is 249 g/mol. The van der Waals surface area contributed by atoms with E-state index in [1.165, 1.54) is 44.5 Å². The molecule has 1 aromatic rings. The van der Waals surface area contributed by atoms with Crippen LogP contribution in [0.2, 0.25) is 0 Å². The largest absolute Gasteiger partial charge is 0.354 e. The molecule has 1 aliphatic rings. The van der Waals surface area contributed by atoms with Gasteiger partial charge < -0.3 is 14.8 Å². The van der Waals surface area contributed by atoms with Crippen molar-refractivity contribution >= 4 is 0 Å². The van der Waals surface area contributed by atoms with Crippen molar-refractivity contribution in [2.45, 2.75) is 52.2 Å². The molecular formula is C15H27N3. The molecule has 3 heteroatoms. The summed E-state index contributed by atoms with van der Waals surface area (Å²) in [5.41, 5.74) is 1.42. The first-order chi connectivity index (χ1) is 8.81. The van der Waals surface area contributed by atoms with Crippen molar-refractivity contribution in [1.82, 2.24) is 14.8 Å². The normalized spacial score (nSPS) is 18.3. The Labute approximate surface area is 111 Å². The molecule has 1 N–H and O–H groups in total. The molecule has 0 saturated carbocycles. The molecule has 0 amide bonds. The van der Waals surface area contributed by atoms with Gasteiger partial charge in [0.05, 0.1) is 0 Å². The molecule has 102 valence electrons. The second-order valence-corrected chi connectivity index (χ2v) is 5.35. The fourth-order valence-corrected chi connectivity index (χ4v) is 2.71. The minimum absolute atomic E-state index is 0.710. The molecule has 0 aliphatic carbocycles. The summed E-state index contributed by atoms with van der Waals surface area (Å²) in [6.07, 6.45) is 8.27. The van der Waals surface area contributed by atoms with Crippen molar-refractivity contribution in [2.75, 3.05) is 19.6 Å². The Bertz CT molecular complexity index is 337. The molecule has 2 rings (SSSR count). The second kappa shape index (κ2) is 6.95. The van der Waals surface area contributed by atoms with Gasteiger partial charge in [0.15, 0.2) is 0 Å². The first-order valence-corrected chi connectivity index (χ1v) is 7.42. The molecule has 3 nitrogen and oxygen atoms in total. The van der Waals surface area contributed by atoms with Crippen LogP contribution in [0.5, 0.6) is 0 Å². The lowest BCUT2D eigenvalue weighted by atomic mass is 10.0. The van der Waals surface area contributed by atoms with Crippen LogP contribution in [0.25, 0.3) is 0 Å². The number of hydrogen-bond donors (Lipinski definition) is 1. The van der Waals surface area contributed by atoms with Gasteiger partial charge in [-0.1, -0.05) is 13.8 Å². The third-order valence-corrected chi connectivity index (χ3v) is 3.92. The van der Waals surface area contributed by atoms with E-state index in [0.717, 1.165) is 13.1 Å². The minimum Gasteiger partial charge on any atom is -0.354 e. The highest BCUT2D eigenvalue weighted by atomic mass is 15.1. The van der Waals surface area contributed by atoms with Crippen molar-refractivity contribution in [3.8, 4) is 0 Å². The number of nitrogens with zero attached hydrogens (tertiary/aromatic N) is 2. The Morgan fingerprint density at radius 1 is 1.28 bits per heavy atom. The zero-order chi connectivity index (χ0) is 12.8. The molecule has 0 unspecified atom stereocenters. The van der Waals surface area contributed by atoms with E-state index in [0.29, 0.717) is 6.04 Å². The van der Waals surface area contributed by atoms with E-state index in [1.807, 2.05) is 0 Å². The number of hydrogen-bond acceptors (Lipinski definition) is 2. The maximum absolute atomic E-state index is 3.70. The molecule has 0 bridgehead atoms. The number of likely N-dealkylation sites (tertiary alicyclic amines) is 1. The topological polar surface area (TPSA) is 20.2 Å². The summed E-state index contributed by atoms with van der Waals surface area (Å²) in [4.78, 5) is 2.54. The van der Waals surface area contributed by atoms with Gasteiger partial charge in [-0.15, -0.1) is 0 Å². The van der Waals surface area contributed by atoms with Gasteiger partial charge in [-0.2, -0.15) is 0 Å². The first-order valence-electron chi connectivity index (χ1n) is 7.42. The lowest BCUT2D eigenvalue weighted by Crippen LogP contribution is -2.42. The summed E-state index contributed by atoms with van der Waals surface area (Å²) in [6.45, 7) is 10.3. The van der Waals surface area contributed by atoms with Crippen molar-refractivity contribution in [3.63, 3.8) is 0 Å². The van der Waals surface area contributed by atoms with Crippen molar-refractivity contribution in [3.05, 3.63) is 24.0 Å². The molecule has 1 aliphatic heterocycles. The molecule has 1 aromatic heterocycles. The van der Waals surface area contributed by atoms with Crippen LogP contribution in [0, 0.1) is 0 Å². The van der Waals surface area contributed by atoms with Crippen molar-refractivity contribution in [1.29, 1.82) is 0 Å². The summed E-state index contributed by atoms with van der Waals surface area (Å²) in [6, 6.07) is 2.95. The van der Waals surface area contributed by atoms with E-state index in [-0.39, 0.29) is 0 Å². The Hall–Kier alpha value is -0.800. The molecule has 18 heavy (non-hydrogen) atoms. The van der Waals surface area contributed by atoms with Crippen molar-refractivity contribution < 1.29 is 0 Å². The number of aromatic nitrogens is 1. The van der Waals surface area contributed by atoms with E-state index in [1.54, 1.807) is 0 Å². The maximum Gasteiger partial charge on any atom is 0.0223 e. The van der Waals surface area contributed by atoms with Crippen LogP contribution < -0.4 is 5.32 Å². The van der Waals surface area contributed by atoms with Crippen LogP contribution >= 0.6 is 0 Å². The predicted molar refractivity (Wildman–Crippen MR) is 76.7 cm³/mol. The smallest absolute Gasteiger partial charge is 0.0223 e. The van der Waals surface area contributed by atoms with Gasteiger partial charge in [-0.3, -0.25) is 0 Å². The average Bonchev–Trinajstić information content (AvgIpc) is 2.85. The monoisotopic (exact) mass is 249 g/mol. The van der Waals surface area contributed by atoms with Crippen LogP contribution in [0.3, 0.4) is 0 Å². The van der Waals surface area contributed by atoms with Crippen LogP contribution in [-0.2, 0) is 13.1 Å². The van der Waals surface area contributed by atoms with Gasteiger partial charge >= 0.3 is 0 Å². The van der Waals surface area contributed by atoms with Crippen LogP contribution in [0.15, 0.2) is 18.5 Å². The second-order valence-electron chi connectivity index (χ2n) is 5.35. The van der Waals surface area contributed by atoms with E-state index in [9.17, 15) is 0 Å². The zero-order valence-corrected chi connectivity index (χ0v) is 11.9. The lowest BCUT2D eigenvalue weighted by Gasteiger charge is -2.31. The summed E-state index contributed by atoms with van der Waals surface area (Å²) in [5, 5.41) is 3.70. The van der Waals surface area contributed by atoms with E-state index >= 15 is 0 Å². The lowest BCUT2D eigenvalue weighted by molar-refractivity contribution is 0.206. The Kier molecular flexibility index (Phi) is 5.26. The SMILES string of the molecule is CCCn1ccc(CNC2CCN(CC)CC2)c1. The Morgan fingerprint density at radius 2 is 2.06 bits per heavy atom. The van der Waals surface area contributed by atoms with E-state index in [4.69, 9.17) is 0 Å². The summed E-state index contributed by atoms with van der Waals surface area (Å²) >= 11 is 0. The standard InChI is InChI=1S/C15H27N3/c1-3-8-18-9-5-14(13-18)12-16-15-6-10-17(4-2)11-7-15/h5,9,13,15-16H,3-4,6-8,10-12H2,1-2H3. The predicted octanol–water partition coefficient (Wildman–Crippen LogP) is 2.47. The highest BCUT2D eigenvalue weighted by Gasteiger charge is 2.17. The maximum atomic E-state index is 3.70. The Balaban J connectivity index is 1.71. The minimum atomic E-state index is 0.710. The highest BCUT2D eigenvalue weighted by Crippen LogP contribution is 2.11. The summed E-state index contributed by atoms with van der Waals surface area (Å²) < 4.78 is 2.29. The number of piperidine rings is 1. The van der Waals surface area contributed by atoms with Crippen LogP contribution in [0.1, 0.15) is 38.7 Å². The van der Waals surface area contributed by atoms with E-state index < -0.39 is 0 Å². The van der Waals surface area contributed by atoms with Gasteiger partial charge in [0, 0.05) is 31.5 Å². The van der Waals surface area contributed by atoms with Crippen LogP contribution in [-0.4, -0.2) is 35.1 Å². The highest BCUT2D eigenvalue weighted by molar-refractivity contribution is 5.10.